The lowest BCUT2D eigenvalue weighted by Gasteiger charge is -2.45. The minimum Gasteiger partial charge on any atom is -0.311 e. The summed E-state index contributed by atoms with van der Waals surface area (Å²) in [7, 11) is 0. The Balaban J connectivity index is 0.963. The summed E-state index contributed by atoms with van der Waals surface area (Å²) in [6, 6.07) is 119. The molecule has 111 heavy (non-hydrogen) atoms. The van der Waals surface area contributed by atoms with Gasteiger partial charge in [0.2, 0.25) is 0 Å². The molecule has 4 heteroatoms. The third kappa shape index (κ3) is 13.6. The zero-order valence-corrected chi connectivity index (χ0v) is 66.4. The molecule has 0 saturated heterocycles. The number of aromatic nitrogens is 1. The number of allylic oxidation sites excluding steroid dienone is 5. The number of anilines is 6. The van der Waals surface area contributed by atoms with Gasteiger partial charge in [0.1, 0.15) is 0 Å². The van der Waals surface area contributed by atoms with Crippen molar-refractivity contribution in [2.45, 2.75) is 112 Å². The van der Waals surface area contributed by atoms with Gasteiger partial charge < -0.3 is 14.4 Å². The van der Waals surface area contributed by atoms with Gasteiger partial charge in [-0.1, -0.05) is 363 Å². The Morgan fingerprint density at radius 3 is 0.991 bits per heavy atom. The zero-order valence-electron chi connectivity index (χ0n) is 66.4. The van der Waals surface area contributed by atoms with Crippen LogP contribution in [0.4, 0.5) is 34.1 Å². The van der Waals surface area contributed by atoms with Gasteiger partial charge in [-0.25, -0.2) is 0 Å². The normalized spacial score (nSPS) is 13.2. The second-order valence-electron chi connectivity index (χ2n) is 34.8. The fraction of sp³-hybridized carbons (Fsp3) is 0.159. The summed E-state index contributed by atoms with van der Waals surface area (Å²) in [5.74, 6) is 0. The monoisotopic (exact) mass is 1430 g/mol. The van der Waals surface area contributed by atoms with Crippen LogP contribution in [0.3, 0.4) is 0 Å². The zero-order chi connectivity index (χ0) is 76.8. The lowest BCUT2D eigenvalue weighted by atomic mass is 9.33. The first-order valence-corrected chi connectivity index (χ1v) is 39.4. The van der Waals surface area contributed by atoms with E-state index in [2.05, 4.69) is 439 Å². The largest absolute Gasteiger partial charge is 0.311 e. The highest BCUT2D eigenvalue weighted by Gasteiger charge is 2.45. The van der Waals surface area contributed by atoms with Crippen molar-refractivity contribution in [3.05, 3.63) is 374 Å². The molecule has 0 bridgehead atoms. The predicted molar refractivity (Wildman–Crippen MR) is 480 cm³/mol. The highest BCUT2D eigenvalue weighted by molar-refractivity contribution is 7.00. The average molecular weight is 1430 g/mol. The maximum absolute atomic E-state index is 4.38. The van der Waals surface area contributed by atoms with Crippen LogP contribution in [0.1, 0.15) is 123 Å². The van der Waals surface area contributed by atoms with Gasteiger partial charge in [-0.15, -0.1) is 0 Å². The molecule has 14 aromatic carbocycles. The maximum Gasteiger partial charge on any atom is 0.252 e. The lowest BCUT2D eigenvalue weighted by molar-refractivity contribution is 0.568. The Hall–Kier alpha value is -12.2. The van der Waals surface area contributed by atoms with Crippen molar-refractivity contribution in [2.24, 2.45) is 0 Å². The van der Waals surface area contributed by atoms with Gasteiger partial charge in [-0.05, 0) is 217 Å². The topological polar surface area (TPSA) is 11.4 Å². The van der Waals surface area contributed by atoms with Crippen LogP contribution in [-0.2, 0) is 21.7 Å². The number of fused-ring (bicyclic) bond motifs is 7. The standard InChI is InChI=1S/C107H96BN3/c1-15-71(76-38-40-77(41-39-76)72-28-20-16-21-29-72)37-36-70(2)82-52-56-95-99(58-82)110(90-64-86(104(3,4)5)62-87(65-90)105(6,7)8)101-68-92(109-97-59-83(74-32-24-18-25-33-74)50-54-93(97)94-55-51-84(60-98(94)109)75-34-26-19-27-35-75)69-102-103(101)108(95)96-57-53-85(61-100(96)111(102)91-66-88(106(9,10)11)63-89(67-91)107(12,13)14)81-48-46-80(47-49-81)79-44-42-78(43-45-79)73-30-22-17-23-31-73/h15-69H,1H2,2-14H3/b70-36+,71-37+. The second-order valence-corrected chi connectivity index (χ2v) is 34.8. The summed E-state index contributed by atoms with van der Waals surface area (Å²) in [4.78, 5) is 5.35. The van der Waals surface area contributed by atoms with Crippen molar-refractivity contribution in [2.75, 3.05) is 9.80 Å². The van der Waals surface area contributed by atoms with Crippen molar-refractivity contribution in [3.63, 3.8) is 0 Å². The molecule has 0 radical (unpaired) electrons. The number of hydrogen-bond donors (Lipinski definition) is 0. The third-order valence-electron chi connectivity index (χ3n) is 23.2. The SMILES string of the molecule is C=C/C(=C\C=C(/C)c1ccc2c(c1)N(c1cc(C(C)(C)C)cc(C(C)(C)C)c1)c1cc(-n3c4cc(-c5ccccc5)ccc4c4ccc(-c5ccccc5)cc43)cc3c1B2c1ccc(-c2ccc(-c4ccc(-c5ccccc5)cc4)cc2)cc1N3c1cc(C(C)(C)C)cc(C(C)(C)C)c1)c1ccc(-c2ccccc2)cc1. The molecule has 0 atom stereocenters. The Bertz CT molecular complexity index is 5990. The van der Waals surface area contributed by atoms with Gasteiger partial charge in [-0.2, -0.15) is 0 Å². The molecule has 0 amide bonds. The van der Waals surface area contributed by atoms with E-state index in [9.17, 15) is 0 Å². The van der Waals surface area contributed by atoms with E-state index in [1.165, 1.54) is 93.9 Å². The summed E-state index contributed by atoms with van der Waals surface area (Å²) in [5, 5.41) is 2.39. The van der Waals surface area contributed by atoms with Gasteiger partial charge in [-0.3, -0.25) is 0 Å². The summed E-state index contributed by atoms with van der Waals surface area (Å²) in [5.41, 5.74) is 37.0. The van der Waals surface area contributed by atoms with E-state index in [4.69, 9.17) is 0 Å². The van der Waals surface area contributed by atoms with Crippen molar-refractivity contribution in [1.29, 1.82) is 0 Å². The fourth-order valence-electron chi connectivity index (χ4n) is 16.6. The molecule has 0 unspecified atom stereocenters. The molecule has 0 saturated carbocycles. The molecule has 2 aliphatic rings. The van der Waals surface area contributed by atoms with Gasteiger partial charge in [0.25, 0.3) is 6.71 Å². The molecule has 0 N–H and O–H groups in total. The van der Waals surface area contributed by atoms with Crippen LogP contribution in [0.2, 0.25) is 0 Å². The molecule has 0 fully saturated rings. The van der Waals surface area contributed by atoms with E-state index in [0.717, 1.165) is 95.4 Å². The fourth-order valence-corrected chi connectivity index (χ4v) is 16.6. The smallest absolute Gasteiger partial charge is 0.252 e. The molecule has 542 valence electrons. The molecule has 2 aliphatic heterocycles. The first-order chi connectivity index (χ1) is 53.4. The van der Waals surface area contributed by atoms with Crippen molar-refractivity contribution in [1.82, 2.24) is 4.57 Å². The van der Waals surface area contributed by atoms with Crippen molar-refractivity contribution < 1.29 is 0 Å². The van der Waals surface area contributed by atoms with Crippen molar-refractivity contribution in [3.8, 4) is 72.4 Å². The van der Waals surface area contributed by atoms with E-state index in [0.29, 0.717) is 0 Å². The second kappa shape index (κ2) is 28.0. The molecule has 0 aliphatic carbocycles. The van der Waals surface area contributed by atoms with Gasteiger partial charge in [0.15, 0.2) is 0 Å². The maximum atomic E-state index is 4.38. The predicted octanol–water partition coefficient (Wildman–Crippen LogP) is 27.7. The first-order valence-electron chi connectivity index (χ1n) is 39.4. The van der Waals surface area contributed by atoms with Gasteiger partial charge in [0, 0.05) is 44.9 Å². The Morgan fingerprint density at radius 1 is 0.288 bits per heavy atom. The molecule has 15 aromatic rings. The number of hydrogen-bond acceptors (Lipinski definition) is 2. The van der Waals surface area contributed by atoms with Gasteiger partial charge in [0.05, 0.1) is 16.7 Å². The number of rotatable bonds is 13. The average Bonchev–Trinajstić information content (AvgIpc) is 1.63. The van der Waals surface area contributed by atoms with Crippen molar-refractivity contribution >= 4 is 90.2 Å². The molecular weight excluding hydrogens is 1340 g/mol. The first kappa shape index (κ1) is 71.7. The Kier molecular flexibility index (Phi) is 18.1. The summed E-state index contributed by atoms with van der Waals surface area (Å²) in [6.07, 6.45) is 6.51. The minimum absolute atomic E-state index is 0.181. The lowest BCUT2D eigenvalue weighted by Crippen LogP contribution is -2.61. The minimum atomic E-state index is -0.199. The molecular formula is C107H96BN3. The molecule has 17 rings (SSSR count). The van der Waals surface area contributed by atoms with Crippen LogP contribution in [0, 0.1) is 0 Å². The van der Waals surface area contributed by atoms with E-state index >= 15 is 0 Å². The summed E-state index contributed by atoms with van der Waals surface area (Å²) < 4.78 is 2.60. The molecule has 3 heterocycles. The van der Waals surface area contributed by atoms with Crippen LogP contribution < -0.4 is 26.2 Å². The number of benzene rings is 14. The van der Waals surface area contributed by atoms with Crippen LogP contribution in [-0.4, -0.2) is 11.3 Å². The Morgan fingerprint density at radius 2 is 0.604 bits per heavy atom. The molecule has 3 nitrogen and oxygen atoms in total. The van der Waals surface area contributed by atoms with Crippen LogP contribution in [0.5, 0.6) is 0 Å². The molecule has 0 spiro atoms. The summed E-state index contributed by atoms with van der Waals surface area (Å²) in [6.45, 7) is 34.9. The Labute approximate surface area is 658 Å². The van der Waals surface area contributed by atoms with E-state index in [1.807, 2.05) is 6.08 Å². The van der Waals surface area contributed by atoms with E-state index < -0.39 is 0 Å². The molecule has 1 aromatic heterocycles. The highest BCUT2D eigenvalue weighted by atomic mass is 15.2. The quantitative estimate of drug-likeness (QED) is 0.0842. The van der Waals surface area contributed by atoms with Crippen LogP contribution in [0.15, 0.2) is 340 Å². The third-order valence-corrected chi connectivity index (χ3v) is 23.2. The van der Waals surface area contributed by atoms with Crippen LogP contribution in [0.25, 0.3) is 105 Å². The number of nitrogens with zero attached hydrogens (tertiary/aromatic N) is 3. The summed E-state index contributed by atoms with van der Waals surface area (Å²) >= 11 is 0. The van der Waals surface area contributed by atoms with E-state index in [1.54, 1.807) is 0 Å². The van der Waals surface area contributed by atoms with E-state index in [-0.39, 0.29) is 28.4 Å². The highest BCUT2D eigenvalue weighted by Crippen LogP contribution is 2.51. The van der Waals surface area contributed by atoms with Gasteiger partial charge >= 0.3 is 0 Å². The van der Waals surface area contributed by atoms with Crippen LogP contribution >= 0.6 is 0 Å².